The van der Waals surface area contributed by atoms with Crippen LogP contribution in [0.15, 0.2) is 97.2 Å². The Balaban J connectivity index is 0.00000161. The van der Waals surface area contributed by atoms with Gasteiger partial charge in [-0.2, -0.15) is 0 Å². The number of anilines is 1. The van der Waals surface area contributed by atoms with Crippen molar-refractivity contribution in [3.8, 4) is 5.75 Å². The molecule has 3 aromatic carbocycles. The summed E-state index contributed by atoms with van der Waals surface area (Å²) in [6, 6.07) is 32.4. The average molecular weight is 572 g/mol. The first kappa shape index (κ1) is 29.2. The molecule has 2 saturated heterocycles. The van der Waals surface area contributed by atoms with E-state index in [4.69, 9.17) is 9.72 Å². The molecule has 0 unspecified atom stereocenters. The number of rotatable bonds is 6. The van der Waals surface area contributed by atoms with E-state index < -0.39 is 0 Å². The monoisotopic (exact) mass is 571 g/mol. The molecule has 0 radical (unpaired) electrons. The Bertz CT molecular complexity index is 1500. The van der Waals surface area contributed by atoms with E-state index in [0.29, 0.717) is 12.0 Å². The largest absolute Gasteiger partial charge is 0.489 e. The molecular weight excluding hydrogens is 526 g/mol. The van der Waals surface area contributed by atoms with Crippen molar-refractivity contribution in [2.75, 3.05) is 31.1 Å². The predicted octanol–water partition coefficient (Wildman–Crippen LogP) is 8.56. The summed E-state index contributed by atoms with van der Waals surface area (Å²) in [6.45, 7) is 9.15. The fourth-order valence-electron chi connectivity index (χ4n) is 7.04. The van der Waals surface area contributed by atoms with E-state index in [0.717, 1.165) is 37.5 Å². The van der Waals surface area contributed by atoms with Crippen molar-refractivity contribution in [2.45, 2.75) is 59.0 Å². The molecule has 0 saturated carbocycles. The molecule has 3 aliphatic rings. The van der Waals surface area contributed by atoms with Gasteiger partial charge in [0.1, 0.15) is 18.2 Å². The highest BCUT2D eigenvalue weighted by Crippen LogP contribution is 2.43. The molecule has 222 valence electrons. The molecule has 43 heavy (non-hydrogen) atoms. The predicted molar refractivity (Wildman–Crippen MR) is 179 cm³/mol. The number of nitrogens with zero attached hydrogens (tertiary/aromatic N) is 2. The summed E-state index contributed by atoms with van der Waals surface area (Å²) in [5, 5.41) is 3.54. The molecule has 3 heterocycles. The Morgan fingerprint density at radius 3 is 2.19 bits per heavy atom. The van der Waals surface area contributed by atoms with Crippen LogP contribution in [0.25, 0.3) is 11.1 Å². The van der Waals surface area contributed by atoms with E-state index in [1.807, 2.05) is 19.9 Å². The maximum atomic E-state index is 6.20. The number of fused-ring (bicyclic) bond motifs is 1. The van der Waals surface area contributed by atoms with E-state index >= 15 is 0 Å². The number of benzene rings is 3. The van der Waals surface area contributed by atoms with Crippen LogP contribution < -0.4 is 15.0 Å². The molecule has 0 amide bonds. The van der Waals surface area contributed by atoms with Crippen molar-refractivity contribution in [3.05, 3.63) is 125 Å². The van der Waals surface area contributed by atoms with Gasteiger partial charge in [-0.05, 0) is 115 Å². The number of hydrogen-bond donors (Lipinski definition) is 1. The standard InChI is InChI=1S/C37H39N3O.C2H6/c1-3-7-28(8-4-1)27-41-32-13-15-34-30(25-32)11-14-33(29-9-5-2-6-10-29)36(34)31-12-16-35(39-26-31)40-23-19-37(20-24-40)17-21-38-22-18-37;1-2/h1-10,12-13,15-16,25-26,38H,11,14,17-24,27H2;1-2H3. The number of allylic oxidation sites excluding steroid dienone is 1. The molecule has 1 aromatic heterocycles. The molecule has 7 rings (SSSR count). The van der Waals surface area contributed by atoms with Gasteiger partial charge in [0.15, 0.2) is 0 Å². The molecule has 4 nitrogen and oxygen atoms in total. The highest BCUT2D eigenvalue weighted by molar-refractivity contribution is 6.00. The second-order valence-electron chi connectivity index (χ2n) is 12.0. The van der Waals surface area contributed by atoms with E-state index in [1.54, 1.807) is 0 Å². The zero-order chi connectivity index (χ0) is 29.5. The number of pyridine rings is 1. The first-order valence-electron chi connectivity index (χ1n) is 16.3. The lowest BCUT2D eigenvalue weighted by Crippen LogP contribution is -2.45. The quantitative estimate of drug-likeness (QED) is 0.252. The molecule has 0 bridgehead atoms. The average Bonchev–Trinajstić information content (AvgIpc) is 3.09. The van der Waals surface area contributed by atoms with Crippen molar-refractivity contribution in [1.29, 1.82) is 0 Å². The smallest absolute Gasteiger partial charge is 0.128 e. The Hall–Kier alpha value is -3.89. The Kier molecular flexibility index (Phi) is 9.24. The van der Waals surface area contributed by atoms with E-state index in [1.165, 1.54) is 77.7 Å². The molecular formula is C39H45N3O. The van der Waals surface area contributed by atoms with Gasteiger partial charge in [0, 0.05) is 24.8 Å². The first-order chi connectivity index (χ1) is 21.3. The van der Waals surface area contributed by atoms with Crippen LogP contribution in [0.2, 0.25) is 0 Å². The molecule has 0 atom stereocenters. The molecule has 1 N–H and O–H groups in total. The van der Waals surface area contributed by atoms with Gasteiger partial charge in [-0.25, -0.2) is 4.98 Å². The third-order valence-corrected chi connectivity index (χ3v) is 9.51. The summed E-state index contributed by atoms with van der Waals surface area (Å²) in [5.74, 6) is 2.04. The van der Waals surface area contributed by atoms with Gasteiger partial charge in [0.25, 0.3) is 0 Å². The molecule has 4 aromatic rings. The normalized spacial score (nSPS) is 17.6. The van der Waals surface area contributed by atoms with Crippen LogP contribution in [0.1, 0.15) is 73.8 Å². The number of piperidine rings is 2. The lowest BCUT2D eigenvalue weighted by Gasteiger charge is -2.44. The summed E-state index contributed by atoms with van der Waals surface area (Å²) in [4.78, 5) is 7.54. The zero-order valence-corrected chi connectivity index (χ0v) is 25.8. The van der Waals surface area contributed by atoms with Gasteiger partial charge in [0.2, 0.25) is 0 Å². The maximum absolute atomic E-state index is 6.20. The third kappa shape index (κ3) is 6.55. The summed E-state index contributed by atoms with van der Waals surface area (Å²) in [5.41, 5.74) is 9.56. The molecule has 4 heteroatoms. The van der Waals surface area contributed by atoms with Crippen LogP contribution in [0, 0.1) is 5.41 Å². The van der Waals surface area contributed by atoms with Gasteiger partial charge in [0.05, 0.1) is 0 Å². The minimum Gasteiger partial charge on any atom is -0.489 e. The van der Waals surface area contributed by atoms with Gasteiger partial charge in [-0.1, -0.05) is 80.6 Å². The Morgan fingerprint density at radius 2 is 1.49 bits per heavy atom. The number of aryl methyl sites for hydroxylation is 1. The van der Waals surface area contributed by atoms with Crippen molar-refractivity contribution >= 4 is 17.0 Å². The molecule has 2 fully saturated rings. The van der Waals surface area contributed by atoms with Crippen molar-refractivity contribution < 1.29 is 4.74 Å². The summed E-state index contributed by atoms with van der Waals surface area (Å²) in [7, 11) is 0. The zero-order valence-electron chi connectivity index (χ0n) is 25.8. The van der Waals surface area contributed by atoms with Crippen LogP contribution in [0.3, 0.4) is 0 Å². The lowest BCUT2D eigenvalue weighted by atomic mass is 9.71. The van der Waals surface area contributed by atoms with Crippen molar-refractivity contribution in [2.24, 2.45) is 5.41 Å². The number of nitrogens with one attached hydrogen (secondary N) is 1. The van der Waals surface area contributed by atoms with Gasteiger partial charge in [-0.15, -0.1) is 0 Å². The van der Waals surface area contributed by atoms with Crippen LogP contribution >= 0.6 is 0 Å². The van der Waals surface area contributed by atoms with Gasteiger partial charge >= 0.3 is 0 Å². The molecule has 1 spiro atoms. The first-order valence-corrected chi connectivity index (χ1v) is 16.3. The Morgan fingerprint density at radius 1 is 0.767 bits per heavy atom. The SMILES string of the molecule is CC.c1ccc(COc2ccc3c(c2)CCC(c2ccccc2)=C3c2ccc(N3CCC4(CCNCC4)CC3)nc2)cc1. The highest BCUT2D eigenvalue weighted by Gasteiger charge is 2.35. The van der Waals surface area contributed by atoms with Crippen molar-refractivity contribution in [3.63, 3.8) is 0 Å². The van der Waals surface area contributed by atoms with E-state index in [-0.39, 0.29) is 0 Å². The van der Waals surface area contributed by atoms with Crippen LogP contribution in [-0.2, 0) is 13.0 Å². The van der Waals surface area contributed by atoms with E-state index in [9.17, 15) is 0 Å². The third-order valence-electron chi connectivity index (χ3n) is 9.51. The minimum atomic E-state index is 0.548. The minimum absolute atomic E-state index is 0.548. The highest BCUT2D eigenvalue weighted by atomic mass is 16.5. The summed E-state index contributed by atoms with van der Waals surface area (Å²) in [6.07, 6.45) is 9.32. The second kappa shape index (κ2) is 13.6. The van der Waals surface area contributed by atoms with Crippen LogP contribution in [0.4, 0.5) is 5.82 Å². The van der Waals surface area contributed by atoms with Gasteiger partial charge in [-0.3, -0.25) is 0 Å². The number of ether oxygens (including phenoxy) is 1. The maximum Gasteiger partial charge on any atom is 0.128 e. The molecule has 2 aliphatic heterocycles. The van der Waals surface area contributed by atoms with Gasteiger partial charge < -0.3 is 15.0 Å². The van der Waals surface area contributed by atoms with Crippen LogP contribution in [0.5, 0.6) is 5.75 Å². The summed E-state index contributed by atoms with van der Waals surface area (Å²) >= 11 is 0. The topological polar surface area (TPSA) is 37.4 Å². The number of hydrogen-bond acceptors (Lipinski definition) is 4. The van der Waals surface area contributed by atoms with Crippen molar-refractivity contribution in [1.82, 2.24) is 10.3 Å². The summed E-state index contributed by atoms with van der Waals surface area (Å²) < 4.78 is 6.20. The fourth-order valence-corrected chi connectivity index (χ4v) is 7.04. The number of aromatic nitrogens is 1. The van der Waals surface area contributed by atoms with E-state index in [2.05, 4.69) is 101 Å². The fraction of sp³-hybridized carbons (Fsp3) is 0.359. The molecule has 1 aliphatic carbocycles. The Labute approximate surface area is 257 Å². The second-order valence-corrected chi connectivity index (χ2v) is 12.0. The van der Waals surface area contributed by atoms with Crippen LogP contribution in [-0.4, -0.2) is 31.2 Å². The lowest BCUT2D eigenvalue weighted by molar-refractivity contribution is 0.154.